The van der Waals surface area contributed by atoms with Crippen LogP contribution in [0.15, 0.2) is 28.8 Å². The van der Waals surface area contributed by atoms with Crippen LogP contribution < -0.4 is 5.73 Å². The summed E-state index contributed by atoms with van der Waals surface area (Å²) < 4.78 is 44.0. The van der Waals surface area contributed by atoms with Crippen molar-refractivity contribution in [3.8, 4) is 11.5 Å². The fourth-order valence-corrected chi connectivity index (χ4v) is 2.68. The van der Waals surface area contributed by atoms with Crippen molar-refractivity contribution in [1.82, 2.24) is 10.1 Å². The van der Waals surface area contributed by atoms with Gasteiger partial charge in [-0.3, -0.25) is 0 Å². The minimum atomic E-state index is -4.47. The average molecular weight is 334 g/mol. The van der Waals surface area contributed by atoms with Gasteiger partial charge in [0.15, 0.2) is 5.82 Å². The van der Waals surface area contributed by atoms with Crippen molar-refractivity contribution in [2.45, 2.75) is 37.4 Å². The van der Waals surface area contributed by atoms with E-state index in [9.17, 15) is 13.2 Å². The van der Waals surface area contributed by atoms with Crippen molar-refractivity contribution in [3.05, 3.63) is 35.7 Å². The number of hydrogen-bond acceptors (Lipinski definition) is 4. The lowest BCUT2D eigenvalue weighted by atomic mass is 9.98. The number of alkyl halides is 3. The fourth-order valence-electron chi connectivity index (χ4n) is 2.68. The SMILES string of the molecule is Cl.NC1(c2noc(-c3ccccc3C(F)(F)F)n2)CCCC1. The van der Waals surface area contributed by atoms with E-state index in [1.807, 2.05) is 0 Å². The minimum absolute atomic E-state index is 0. The maximum Gasteiger partial charge on any atom is 0.417 e. The molecule has 0 amide bonds. The van der Waals surface area contributed by atoms with Crippen molar-refractivity contribution < 1.29 is 17.7 Å². The topological polar surface area (TPSA) is 64.9 Å². The number of rotatable bonds is 2. The molecule has 3 rings (SSSR count). The van der Waals surface area contributed by atoms with Crippen LogP contribution in [0.5, 0.6) is 0 Å². The third-order valence-electron chi connectivity index (χ3n) is 3.83. The van der Waals surface area contributed by atoms with Crippen LogP contribution >= 0.6 is 12.4 Å². The molecule has 4 nitrogen and oxygen atoms in total. The van der Waals surface area contributed by atoms with Gasteiger partial charge in [-0.1, -0.05) is 30.1 Å². The highest BCUT2D eigenvalue weighted by Crippen LogP contribution is 2.38. The molecule has 1 aliphatic rings. The molecule has 1 aromatic heterocycles. The molecule has 1 fully saturated rings. The Labute approximate surface area is 131 Å². The largest absolute Gasteiger partial charge is 0.417 e. The molecule has 1 heterocycles. The highest BCUT2D eigenvalue weighted by Gasteiger charge is 2.38. The van der Waals surface area contributed by atoms with Crippen LogP contribution in [0.3, 0.4) is 0 Å². The zero-order valence-electron chi connectivity index (χ0n) is 11.6. The van der Waals surface area contributed by atoms with Gasteiger partial charge in [-0.2, -0.15) is 18.2 Å². The number of aromatic nitrogens is 2. The lowest BCUT2D eigenvalue weighted by Gasteiger charge is -2.17. The summed E-state index contributed by atoms with van der Waals surface area (Å²) >= 11 is 0. The van der Waals surface area contributed by atoms with Gasteiger partial charge >= 0.3 is 6.18 Å². The van der Waals surface area contributed by atoms with Gasteiger partial charge in [0, 0.05) is 0 Å². The Morgan fingerprint density at radius 1 is 1.14 bits per heavy atom. The Hall–Kier alpha value is -1.60. The minimum Gasteiger partial charge on any atom is -0.334 e. The highest BCUT2D eigenvalue weighted by molar-refractivity contribution is 5.85. The molecule has 120 valence electrons. The molecule has 1 aromatic carbocycles. The lowest BCUT2D eigenvalue weighted by molar-refractivity contribution is -0.137. The van der Waals surface area contributed by atoms with Crippen molar-refractivity contribution in [3.63, 3.8) is 0 Å². The van der Waals surface area contributed by atoms with E-state index in [4.69, 9.17) is 10.3 Å². The van der Waals surface area contributed by atoms with Gasteiger partial charge in [0.25, 0.3) is 5.89 Å². The molecule has 2 N–H and O–H groups in total. The number of nitrogens with two attached hydrogens (primary N) is 1. The molecule has 0 unspecified atom stereocenters. The predicted molar refractivity (Wildman–Crippen MR) is 76.3 cm³/mol. The number of nitrogens with zero attached hydrogens (tertiary/aromatic N) is 2. The van der Waals surface area contributed by atoms with Gasteiger partial charge in [0.2, 0.25) is 0 Å². The first-order valence-corrected chi connectivity index (χ1v) is 6.70. The van der Waals surface area contributed by atoms with E-state index in [0.717, 1.165) is 18.9 Å². The molecule has 0 aliphatic heterocycles. The van der Waals surface area contributed by atoms with Crippen molar-refractivity contribution >= 4 is 12.4 Å². The molecule has 8 heteroatoms. The van der Waals surface area contributed by atoms with Crippen molar-refractivity contribution in [2.75, 3.05) is 0 Å². The molecule has 0 saturated heterocycles. The zero-order chi connectivity index (χ0) is 15.1. The Morgan fingerprint density at radius 2 is 1.77 bits per heavy atom. The first-order chi connectivity index (χ1) is 9.90. The second kappa shape index (κ2) is 5.89. The summed E-state index contributed by atoms with van der Waals surface area (Å²) in [6, 6.07) is 5.14. The summed E-state index contributed by atoms with van der Waals surface area (Å²) in [4.78, 5) is 4.11. The van der Waals surface area contributed by atoms with Gasteiger partial charge in [-0.25, -0.2) is 0 Å². The molecule has 22 heavy (non-hydrogen) atoms. The van der Waals surface area contributed by atoms with Crippen LogP contribution in [0.1, 0.15) is 37.1 Å². The molecule has 2 aromatic rings. The molecule has 1 aliphatic carbocycles. The molecule has 0 radical (unpaired) electrons. The van der Waals surface area contributed by atoms with Crippen molar-refractivity contribution in [1.29, 1.82) is 0 Å². The summed E-state index contributed by atoms with van der Waals surface area (Å²) in [5.74, 6) is 0.140. The Balaban J connectivity index is 0.00000176. The molecule has 0 atom stereocenters. The molecule has 1 saturated carbocycles. The summed E-state index contributed by atoms with van der Waals surface area (Å²) in [5, 5.41) is 3.79. The monoisotopic (exact) mass is 333 g/mol. The Bertz CT molecular complexity index is 651. The first kappa shape index (κ1) is 16.8. The maximum atomic E-state index is 13.0. The van der Waals surface area contributed by atoms with E-state index < -0.39 is 17.3 Å². The molecule has 0 bridgehead atoms. The fraction of sp³-hybridized carbons (Fsp3) is 0.429. The van der Waals surface area contributed by atoms with E-state index in [0.29, 0.717) is 12.8 Å². The molecular formula is C14H15ClF3N3O. The first-order valence-electron chi connectivity index (χ1n) is 6.70. The standard InChI is InChI=1S/C14H14F3N3O.ClH/c15-14(16,17)10-6-2-1-5-9(10)11-19-12(20-21-11)13(18)7-3-4-8-13;/h1-2,5-6H,3-4,7-8,18H2;1H. The third kappa shape index (κ3) is 2.96. The second-order valence-corrected chi connectivity index (χ2v) is 5.33. The Morgan fingerprint density at radius 3 is 2.41 bits per heavy atom. The smallest absolute Gasteiger partial charge is 0.334 e. The molecule has 0 spiro atoms. The van der Waals surface area contributed by atoms with Crippen molar-refractivity contribution in [2.24, 2.45) is 5.73 Å². The number of halogens is 4. The van der Waals surface area contributed by atoms with E-state index in [1.54, 1.807) is 0 Å². The number of benzene rings is 1. The summed E-state index contributed by atoms with van der Waals surface area (Å²) in [6.45, 7) is 0. The molecular weight excluding hydrogens is 319 g/mol. The van der Waals surface area contributed by atoms with E-state index in [-0.39, 0.29) is 29.7 Å². The summed E-state index contributed by atoms with van der Waals surface area (Å²) in [6.07, 6.45) is -1.13. The zero-order valence-corrected chi connectivity index (χ0v) is 12.4. The van der Waals surface area contributed by atoms with Gasteiger partial charge in [-0.15, -0.1) is 12.4 Å². The van der Waals surface area contributed by atoms with Gasteiger partial charge in [-0.05, 0) is 25.0 Å². The van der Waals surface area contributed by atoms with E-state index in [1.165, 1.54) is 18.2 Å². The van der Waals surface area contributed by atoms with Crippen LogP contribution in [0.25, 0.3) is 11.5 Å². The second-order valence-electron chi connectivity index (χ2n) is 5.33. The van der Waals surface area contributed by atoms with Gasteiger partial charge in [0.1, 0.15) is 0 Å². The Kier molecular flexibility index (Phi) is 4.49. The van der Waals surface area contributed by atoms with Crippen LogP contribution in [0.4, 0.5) is 13.2 Å². The van der Waals surface area contributed by atoms with E-state index in [2.05, 4.69) is 10.1 Å². The van der Waals surface area contributed by atoms with Crippen LogP contribution in [0.2, 0.25) is 0 Å². The lowest BCUT2D eigenvalue weighted by Crippen LogP contribution is -2.34. The predicted octanol–water partition coefficient (Wildman–Crippen LogP) is 3.91. The third-order valence-corrected chi connectivity index (χ3v) is 3.83. The number of hydrogen-bond donors (Lipinski definition) is 1. The summed E-state index contributed by atoms with van der Waals surface area (Å²) in [5.41, 5.74) is 4.59. The van der Waals surface area contributed by atoms with Crippen LogP contribution in [-0.4, -0.2) is 10.1 Å². The van der Waals surface area contributed by atoms with Crippen LogP contribution in [-0.2, 0) is 11.7 Å². The maximum absolute atomic E-state index is 13.0. The quantitative estimate of drug-likeness (QED) is 0.905. The normalized spacial score (nSPS) is 17.3. The highest BCUT2D eigenvalue weighted by atomic mass is 35.5. The van der Waals surface area contributed by atoms with E-state index >= 15 is 0 Å². The average Bonchev–Trinajstić information content (AvgIpc) is 3.07. The van der Waals surface area contributed by atoms with Gasteiger partial charge < -0.3 is 10.3 Å². The summed E-state index contributed by atoms with van der Waals surface area (Å²) in [7, 11) is 0. The van der Waals surface area contributed by atoms with Gasteiger partial charge in [0.05, 0.1) is 16.7 Å². The van der Waals surface area contributed by atoms with Crippen LogP contribution in [0, 0.1) is 0 Å².